The first kappa shape index (κ1) is 23.2. The molecule has 0 bridgehead atoms. The minimum Gasteiger partial charge on any atom is -0.356 e. The van der Waals surface area contributed by atoms with Crippen molar-refractivity contribution in [3.05, 3.63) is 54.1 Å². The largest absolute Gasteiger partial charge is 0.356 e. The maximum atomic E-state index is 12.3. The van der Waals surface area contributed by atoms with Crippen molar-refractivity contribution < 1.29 is 9.53 Å². The van der Waals surface area contributed by atoms with E-state index in [0.29, 0.717) is 19.4 Å². The molecule has 6 heteroatoms. The van der Waals surface area contributed by atoms with Crippen LogP contribution in [0.5, 0.6) is 0 Å². The van der Waals surface area contributed by atoms with E-state index in [1.807, 2.05) is 42.2 Å². The number of benzene rings is 1. The van der Waals surface area contributed by atoms with E-state index in [0.717, 1.165) is 56.7 Å². The number of allylic oxidation sites excluding steroid dienone is 2. The van der Waals surface area contributed by atoms with E-state index in [-0.39, 0.29) is 11.9 Å². The van der Waals surface area contributed by atoms with Crippen LogP contribution in [-0.2, 0) is 9.53 Å². The summed E-state index contributed by atoms with van der Waals surface area (Å²) in [5, 5.41) is 9.72. The normalized spacial score (nSPS) is 23.0. The van der Waals surface area contributed by atoms with E-state index in [2.05, 4.69) is 29.2 Å². The fourth-order valence-electron chi connectivity index (χ4n) is 4.06. The van der Waals surface area contributed by atoms with Crippen molar-refractivity contribution in [2.24, 2.45) is 5.73 Å². The smallest absolute Gasteiger partial charge is 0.239 e. The standard InChI is InChI=1S/C25H34N4O2/c1-2-23(27)24(30)29-16-6-14-28(17-18-29)15-7-19-31-25(20-26)12-10-22(11-13-25)21-8-4-3-5-9-21/h3-5,8-12,23H,2,6-7,13-19,27H2,1H3/t23-,25?/m1/s1. The van der Waals surface area contributed by atoms with Crippen molar-refractivity contribution >= 4 is 11.5 Å². The highest BCUT2D eigenvalue weighted by atomic mass is 16.5. The van der Waals surface area contributed by atoms with Gasteiger partial charge in [0, 0.05) is 32.6 Å². The lowest BCUT2D eigenvalue weighted by Gasteiger charge is -2.27. The first-order valence-electron chi connectivity index (χ1n) is 11.3. The molecule has 1 aliphatic carbocycles. The molecule has 0 saturated carbocycles. The van der Waals surface area contributed by atoms with Gasteiger partial charge in [-0.2, -0.15) is 5.26 Å². The molecule has 6 nitrogen and oxygen atoms in total. The fraction of sp³-hybridized carbons (Fsp3) is 0.520. The van der Waals surface area contributed by atoms with Crippen LogP contribution in [-0.4, -0.2) is 66.7 Å². The summed E-state index contributed by atoms with van der Waals surface area (Å²) in [6, 6.07) is 12.1. The molecule has 1 unspecified atom stereocenters. The molecule has 0 spiro atoms. The number of amides is 1. The Balaban J connectivity index is 1.42. The zero-order valence-electron chi connectivity index (χ0n) is 18.5. The molecule has 1 amide bonds. The Morgan fingerprint density at radius 3 is 2.74 bits per heavy atom. The van der Waals surface area contributed by atoms with E-state index in [1.165, 1.54) is 0 Å². The topological polar surface area (TPSA) is 82.6 Å². The Bertz CT molecular complexity index is 830. The SMILES string of the molecule is CC[C@@H](N)C(=O)N1CCCN(CCCOC2(C#N)C=CC(c3ccccc3)=CC2)CC1. The van der Waals surface area contributed by atoms with E-state index in [1.54, 1.807) is 0 Å². The van der Waals surface area contributed by atoms with Crippen LogP contribution in [0.4, 0.5) is 0 Å². The van der Waals surface area contributed by atoms with Crippen molar-refractivity contribution in [3.63, 3.8) is 0 Å². The molecule has 1 heterocycles. The van der Waals surface area contributed by atoms with Gasteiger partial charge >= 0.3 is 0 Å². The number of hydrogen-bond acceptors (Lipinski definition) is 5. The summed E-state index contributed by atoms with van der Waals surface area (Å²) in [6.07, 6.45) is 9.01. The highest BCUT2D eigenvalue weighted by Crippen LogP contribution is 2.29. The molecule has 0 aromatic heterocycles. The lowest BCUT2D eigenvalue weighted by atomic mass is 9.90. The van der Waals surface area contributed by atoms with Gasteiger partial charge in [-0.3, -0.25) is 4.79 Å². The quantitative estimate of drug-likeness (QED) is 0.651. The van der Waals surface area contributed by atoms with Crippen molar-refractivity contribution in [1.82, 2.24) is 9.80 Å². The molecule has 2 N–H and O–H groups in total. The summed E-state index contributed by atoms with van der Waals surface area (Å²) in [5.41, 5.74) is 7.31. The lowest BCUT2D eigenvalue weighted by Crippen LogP contribution is -2.45. The van der Waals surface area contributed by atoms with E-state index < -0.39 is 5.60 Å². The van der Waals surface area contributed by atoms with Gasteiger partial charge in [0.2, 0.25) is 5.91 Å². The van der Waals surface area contributed by atoms with Crippen molar-refractivity contribution in [2.45, 2.75) is 44.2 Å². The highest BCUT2D eigenvalue weighted by molar-refractivity contribution is 5.81. The third-order valence-corrected chi connectivity index (χ3v) is 6.09. The summed E-state index contributed by atoms with van der Waals surface area (Å²) < 4.78 is 6.03. The molecule has 1 saturated heterocycles. The molecule has 166 valence electrons. The average molecular weight is 423 g/mol. The zero-order valence-corrected chi connectivity index (χ0v) is 18.5. The molecule has 3 rings (SSSR count). The van der Waals surface area contributed by atoms with E-state index in [9.17, 15) is 10.1 Å². The van der Waals surface area contributed by atoms with Gasteiger partial charge in [0.15, 0.2) is 5.60 Å². The molecule has 1 aliphatic heterocycles. The molecule has 2 aliphatic rings. The lowest BCUT2D eigenvalue weighted by molar-refractivity contribution is -0.132. The number of carbonyl (C=O) groups is 1. The first-order valence-corrected chi connectivity index (χ1v) is 11.3. The molecule has 0 radical (unpaired) electrons. The summed E-state index contributed by atoms with van der Waals surface area (Å²) in [4.78, 5) is 16.6. The summed E-state index contributed by atoms with van der Waals surface area (Å²) >= 11 is 0. The van der Waals surface area contributed by atoms with E-state index in [4.69, 9.17) is 10.5 Å². The third kappa shape index (κ3) is 6.27. The molecule has 1 fully saturated rings. The highest BCUT2D eigenvalue weighted by Gasteiger charge is 2.29. The van der Waals surface area contributed by atoms with Gasteiger partial charge in [-0.05, 0) is 43.0 Å². The van der Waals surface area contributed by atoms with Gasteiger partial charge in [0.05, 0.1) is 12.6 Å². The van der Waals surface area contributed by atoms with Crippen molar-refractivity contribution in [1.29, 1.82) is 5.26 Å². The van der Waals surface area contributed by atoms with Crippen LogP contribution < -0.4 is 5.73 Å². The molecule has 2 atom stereocenters. The van der Waals surface area contributed by atoms with Crippen molar-refractivity contribution in [3.8, 4) is 6.07 Å². The van der Waals surface area contributed by atoms with Gasteiger partial charge in [0.25, 0.3) is 0 Å². The van der Waals surface area contributed by atoms with Crippen LogP contribution in [0.25, 0.3) is 5.57 Å². The molecule has 1 aromatic rings. The van der Waals surface area contributed by atoms with Crippen LogP contribution in [0.15, 0.2) is 48.6 Å². The van der Waals surface area contributed by atoms with Crippen LogP contribution in [0.3, 0.4) is 0 Å². The Morgan fingerprint density at radius 2 is 2.06 bits per heavy atom. The van der Waals surface area contributed by atoms with E-state index >= 15 is 0 Å². The number of ether oxygens (including phenoxy) is 1. The molecule has 31 heavy (non-hydrogen) atoms. The predicted molar refractivity (Wildman–Crippen MR) is 123 cm³/mol. The minimum atomic E-state index is -0.878. The zero-order chi connectivity index (χ0) is 22.1. The fourth-order valence-corrected chi connectivity index (χ4v) is 4.06. The van der Waals surface area contributed by atoms with Gasteiger partial charge in [-0.15, -0.1) is 0 Å². The number of hydrogen-bond donors (Lipinski definition) is 1. The average Bonchev–Trinajstić information content (AvgIpc) is 3.07. The monoisotopic (exact) mass is 422 g/mol. The van der Waals surface area contributed by atoms with Crippen LogP contribution in [0.1, 0.15) is 38.2 Å². The minimum absolute atomic E-state index is 0.0654. The maximum Gasteiger partial charge on any atom is 0.239 e. The number of rotatable bonds is 8. The van der Waals surface area contributed by atoms with Gasteiger partial charge in [-0.1, -0.05) is 49.4 Å². The second-order valence-electron chi connectivity index (χ2n) is 8.30. The van der Waals surface area contributed by atoms with Crippen LogP contribution in [0, 0.1) is 11.3 Å². The molecular weight excluding hydrogens is 388 g/mol. The molecular formula is C25H34N4O2. The number of carbonyl (C=O) groups excluding carboxylic acids is 1. The Kier molecular flexibility index (Phi) is 8.42. The first-order chi connectivity index (χ1) is 15.1. The second kappa shape index (κ2) is 11.2. The van der Waals surface area contributed by atoms with Crippen molar-refractivity contribution in [2.75, 3.05) is 39.3 Å². The van der Waals surface area contributed by atoms with Gasteiger partial charge in [-0.25, -0.2) is 0 Å². The Hall–Kier alpha value is -2.46. The van der Waals surface area contributed by atoms with Gasteiger partial charge in [0.1, 0.15) is 6.07 Å². The number of nitriles is 1. The Morgan fingerprint density at radius 1 is 1.26 bits per heavy atom. The number of nitrogens with zero attached hydrogens (tertiary/aromatic N) is 3. The van der Waals surface area contributed by atoms with Gasteiger partial charge < -0.3 is 20.3 Å². The number of nitrogens with two attached hydrogens (primary N) is 1. The predicted octanol–water partition coefficient (Wildman–Crippen LogP) is 2.97. The second-order valence-corrected chi connectivity index (χ2v) is 8.30. The summed E-state index contributed by atoms with van der Waals surface area (Å²) in [7, 11) is 0. The van der Waals surface area contributed by atoms with Crippen LogP contribution >= 0.6 is 0 Å². The third-order valence-electron chi connectivity index (χ3n) is 6.09. The molecule has 1 aromatic carbocycles. The Labute approximate surface area is 186 Å². The summed E-state index contributed by atoms with van der Waals surface area (Å²) in [6.45, 7) is 6.71. The maximum absolute atomic E-state index is 12.3. The van der Waals surface area contributed by atoms with Crippen LogP contribution in [0.2, 0.25) is 0 Å². The summed E-state index contributed by atoms with van der Waals surface area (Å²) in [5.74, 6) is 0.0654.